The molecule has 37 heavy (non-hydrogen) atoms. The first-order valence-corrected chi connectivity index (χ1v) is 14.3. The zero-order valence-electron chi connectivity index (χ0n) is 21.1. The second kappa shape index (κ2) is 12.3. The molecule has 3 aromatic rings. The summed E-state index contributed by atoms with van der Waals surface area (Å²) in [7, 11) is -3.60. The number of likely N-dealkylation sites (tertiary alicyclic amines) is 1. The first-order valence-electron chi connectivity index (χ1n) is 12.7. The largest absolute Gasteiger partial charge is 0.353 e. The molecule has 0 bridgehead atoms. The molecule has 1 atom stereocenters. The van der Waals surface area contributed by atoms with Gasteiger partial charge in [-0.3, -0.25) is 14.0 Å². The van der Waals surface area contributed by atoms with Gasteiger partial charge in [0, 0.05) is 31.7 Å². The maximum atomic E-state index is 13.5. The first-order chi connectivity index (χ1) is 17.8. The molecule has 0 aliphatic carbocycles. The van der Waals surface area contributed by atoms with Crippen molar-refractivity contribution in [2.45, 2.75) is 44.0 Å². The van der Waals surface area contributed by atoms with E-state index in [-0.39, 0.29) is 36.0 Å². The molecule has 1 N–H and O–H groups in total. The Labute approximate surface area is 219 Å². The van der Waals surface area contributed by atoms with Gasteiger partial charge in [0.05, 0.1) is 17.9 Å². The second-order valence-corrected chi connectivity index (χ2v) is 11.5. The normalized spacial score (nSPS) is 15.7. The number of carbonyl (C=O) groups excluding carboxylic acids is 1. The molecule has 1 heterocycles. The number of para-hydroxylation sites is 1. The number of anilines is 1. The van der Waals surface area contributed by atoms with Gasteiger partial charge < -0.3 is 5.32 Å². The van der Waals surface area contributed by atoms with Crippen molar-refractivity contribution in [1.82, 2.24) is 10.2 Å². The van der Waals surface area contributed by atoms with Gasteiger partial charge in [-0.15, -0.1) is 0 Å². The molecule has 8 heteroatoms. The van der Waals surface area contributed by atoms with Crippen molar-refractivity contribution >= 4 is 21.6 Å². The molecule has 1 aliphatic rings. The number of hydrogen-bond donors (Lipinski definition) is 1. The van der Waals surface area contributed by atoms with Gasteiger partial charge in [0.15, 0.2) is 0 Å². The predicted molar refractivity (Wildman–Crippen MR) is 145 cm³/mol. The molecule has 3 aromatic carbocycles. The summed E-state index contributed by atoms with van der Waals surface area (Å²) in [4.78, 5) is 14.7. The summed E-state index contributed by atoms with van der Waals surface area (Å²) in [5.74, 6) is -0.442. The topological polar surface area (TPSA) is 69.7 Å². The Bertz CT molecular complexity index is 1250. The molecular formula is C29H34FN3O3S. The average molecular weight is 524 g/mol. The molecule has 1 saturated heterocycles. The Hall–Kier alpha value is -3.23. The maximum absolute atomic E-state index is 13.5. The Kier molecular flexibility index (Phi) is 8.95. The molecule has 6 nitrogen and oxygen atoms in total. The van der Waals surface area contributed by atoms with E-state index in [1.54, 1.807) is 12.1 Å². The van der Waals surface area contributed by atoms with Crippen LogP contribution in [0, 0.1) is 5.82 Å². The van der Waals surface area contributed by atoms with Crippen molar-refractivity contribution in [3.8, 4) is 0 Å². The number of piperidine rings is 1. The average Bonchev–Trinajstić information content (AvgIpc) is 2.89. The number of benzene rings is 3. The van der Waals surface area contributed by atoms with Crippen LogP contribution in [0.4, 0.5) is 10.1 Å². The van der Waals surface area contributed by atoms with E-state index >= 15 is 0 Å². The van der Waals surface area contributed by atoms with Crippen LogP contribution in [0.3, 0.4) is 0 Å². The molecule has 1 aliphatic heterocycles. The molecule has 0 saturated carbocycles. The number of nitrogens with zero attached hydrogens (tertiary/aromatic N) is 2. The molecule has 1 amide bonds. The van der Waals surface area contributed by atoms with Crippen LogP contribution in [-0.4, -0.2) is 50.9 Å². The number of hydrogen-bond acceptors (Lipinski definition) is 4. The van der Waals surface area contributed by atoms with Gasteiger partial charge in [-0.2, -0.15) is 0 Å². The van der Waals surface area contributed by atoms with Gasteiger partial charge in [0.25, 0.3) is 0 Å². The van der Waals surface area contributed by atoms with Gasteiger partial charge in [0.2, 0.25) is 15.9 Å². The highest BCUT2D eigenvalue weighted by molar-refractivity contribution is 7.92. The van der Waals surface area contributed by atoms with E-state index in [1.165, 1.54) is 16.4 Å². The summed E-state index contributed by atoms with van der Waals surface area (Å²) < 4.78 is 41.6. The number of nitrogens with one attached hydrogen (secondary N) is 1. The lowest BCUT2D eigenvalue weighted by Crippen LogP contribution is -2.51. The van der Waals surface area contributed by atoms with Crippen LogP contribution in [-0.2, 0) is 27.0 Å². The number of sulfonamides is 1. The van der Waals surface area contributed by atoms with E-state index in [1.807, 2.05) is 60.7 Å². The van der Waals surface area contributed by atoms with Crippen LogP contribution in [0.1, 0.15) is 30.9 Å². The fourth-order valence-corrected chi connectivity index (χ4v) is 6.40. The molecule has 196 valence electrons. The van der Waals surface area contributed by atoms with E-state index in [0.717, 1.165) is 37.1 Å². The van der Waals surface area contributed by atoms with Gasteiger partial charge in [-0.1, -0.05) is 60.7 Å². The molecule has 1 fully saturated rings. The van der Waals surface area contributed by atoms with Crippen LogP contribution >= 0.6 is 0 Å². The third-order valence-electron chi connectivity index (χ3n) is 6.80. The van der Waals surface area contributed by atoms with Gasteiger partial charge >= 0.3 is 0 Å². The van der Waals surface area contributed by atoms with Gasteiger partial charge in [0.1, 0.15) is 5.82 Å². The minimum absolute atomic E-state index is 0.00150. The Morgan fingerprint density at radius 1 is 0.946 bits per heavy atom. The highest BCUT2D eigenvalue weighted by Crippen LogP contribution is 2.23. The summed E-state index contributed by atoms with van der Waals surface area (Å²) in [6.07, 6.45) is 1.81. The molecule has 0 aromatic heterocycles. The zero-order valence-corrected chi connectivity index (χ0v) is 21.9. The quantitative estimate of drug-likeness (QED) is 0.428. The summed E-state index contributed by atoms with van der Waals surface area (Å²) in [6, 6.07) is 24.5. The number of carbonyl (C=O) groups is 1. The highest BCUT2D eigenvalue weighted by Gasteiger charge is 2.29. The lowest BCUT2D eigenvalue weighted by Gasteiger charge is -2.38. The van der Waals surface area contributed by atoms with Crippen molar-refractivity contribution in [2.24, 2.45) is 0 Å². The lowest BCUT2D eigenvalue weighted by molar-refractivity contribution is -0.121. The van der Waals surface area contributed by atoms with Gasteiger partial charge in [-0.25, -0.2) is 12.8 Å². The Morgan fingerprint density at radius 2 is 1.54 bits per heavy atom. The van der Waals surface area contributed by atoms with Crippen LogP contribution < -0.4 is 9.62 Å². The van der Waals surface area contributed by atoms with Gasteiger partial charge in [-0.05, 0) is 55.2 Å². The number of amides is 1. The molecule has 0 spiro atoms. The van der Waals surface area contributed by atoms with E-state index in [2.05, 4.69) is 17.1 Å². The van der Waals surface area contributed by atoms with Crippen molar-refractivity contribution < 1.29 is 17.6 Å². The van der Waals surface area contributed by atoms with Crippen molar-refractivity contribution in [3.05, 3.63) is 102 Å². The SMILES string of the molecule is C[C@H](CN(c1ccccc1)S(=O)(=O)Cc1ccccc1)N1CCC(NC(=O)Cc2ccc(F)cc2)CC1. The fraction of sp³-hybridized carbons (Fsp3) is 0.345. The van der Waals surface area contributed by atoms with Crippen LogP contribution in [0.15, 0.2) is 84.9 Å². The standard InChI is InChI=1S/C29H34FN3O3S/c1-23(32-18-16-27(17-19-32)31-29(34)20-24-12-14-26(30)15-13-24)21-33(28-10-6-3-7-11-28)37(35,36)22-25-8-4-2-5-9-25/h2-15,23,27H,16-22H2,1H3,(H,31,34)/t23-/m1/s1. The van der Waals surface area contributed by atoms with Crippen LogP contribution in [0.25, 0.3) is 0 Å². The third-order valence-corrected chi connectivity index (χ3v) is 8.53. The van der Waals surface area contributed by atoms with Crippen LogP contribution in [0.2, 0.25) is 0 Å². The highest BCUT2D eigenvalue weighted by atomic mass is 32.2. The van der Waals surface area contributed by atoms with E-state index < -0.39 is 10.0 Å². The minimum atomic E-state index is -3.60. The predicted octanol–water partition coefficient (Wildman–Crippen LogP) is 4.37. The first kappa shape index (κ1) is 26.8. The summed E-state index contributed by atoms with van der Waals surface area (Å²) in [6.45, 7) is 3.94. The molecular weight excluding hydrogens is 489 g/mol. The summed E-state index contributed by atoms with van der Waals surface area (Å²) in [5, 5.41) is 3.09. The smallest absolute Gasteiger partial charge is 0.239 e. The minimum Gasteiger partial charge on any atom is -0.353 e. The van der Waals surface area contributed by atoms with E-state index in [9.17, 15) is 17.6 Å². The monoisotopic (exact) mass is 523 g/mol. The molecule has 0 radical (unpaired) electrons. The third kappa shape index (κ3) is 7.63. The number of halogens is 1. The number of rotatable bonds is 10. The summed E-state index contributed by atoms with van der Waals surface area (Å²) >= 11 is 0. The molecule has 0 unspecified atom stereocenters. The molecule has 4 rings (SSSR count). The van der Waals surface area contributed by atoms with Crippen LogP contribution in [0.5, 0.6) is 0 Å². The van der Waals surface area contributed by atoms with Crippen molar-refractivity contribution in [2.75, 3.05) is 23.9 Å². The van der Waals surface area contributed by atoms with E-state index in [0.29, 0.717) is 12.2 Å². The van der Waals surface area contributed by atoms with Crippen molar-refractivity contribution in [1.29, 1.82) is 0 Å². The fourth-order valence-electron chi connectivity index (χ4n) is 4.74. The Morgan fingerprint density at radius 3 is 2.16 bits per heavy atom. The van der Waals surface area contributed by atoms with Crippen molar-refractivity contribution in [3.63, 3.8) is 0 Å². The Balaban J connectivity index is 1.35. The lowest BCUT2D eigenvalue weighted by atomic mass is 10.0. The van der Waals surface area contributed by atoms with E-state index in [4.69, 9.17) is 0 Å². The zero-order chi connectivity index (χ0) is 26.3. The maximum Gasteiger partial charge on any atom is 0.239 e. The summed E-state index contributed by atoms with van der Waals surface area (Å²) in [5.41, 5.74) is 2.20. The second-order valence-electron chi connectivity index (χ2n) is 9.64.